The van der Waals surface area contributed by atoms with Gasteiger partial charge in [0.15, 0.2) is 0 Å². The van der Waals surface area contributed by atoms with Crippen LogP contribution in [0, 0.1) is 12.7 Å². The van der Waals surface area contributed by atoms with Crippen molar-refractivity contribution in [1.29, 1.82) is 0 Å². The van der Waals surface area contributed by atoms with E-state index < -0.39 is 0 Å². The molecule has 4 heteroatoms. The van der Waals surface area contributed by atoms with Crippen LogP contribution in [-0.4, -0.2) is 13.0 Å². The van der Waals surface area contributed by atoms with Gasteiger partial charge in [0.05, 0.1) is 13.5 Å². The quantitative estimate of drug-likeness (QED) is 0.918. The van der Waals surface area contributed by atoms with Crippen LogP contribution in [0.5, 0.6) is 5.75 Å². The van der Waals surface area contributed by atoms with Gasteiger partial charge in [-0.25, -0.2) is 4.39 Å². The molecule has 21 heavy (non-hydrogen) atoms. The average molecular weight is 287 g/mol. The van der Waals surface area contributed by atoms with Gasteiger partial charge in [-0.2, -0.15) is 0 Å². The summed E-state index contributed by atoms with van der Waals surface area (Å²) in [6, 6.07) is 11.8. The van der Waals surface area contributed by atoms with Gasteiger partial charge >= 0.3 is 0 Å². The van der Waals surface area contributed by atoms with Gasteiger partial charge in [-0.1, -0.05) is 29.8 Å². The predicted octanol–water partition coefficient (Wildman–Crippen LogP) is 3.00. The predicted molar refractivity (Wildman–Crippen MR) is 79.7 cm³/mol. The van der Waals surface area contributed by atoms with Crippen molar-refractivity contribution in [2.45, 2.75) is 19.9 Å². The van der Waals surface area contributed by atoms with Gasteiger partial charge in [0.1, 0.15) is 11.6 Å². The minimum atomic E-state index is -0.283. The maximum absolute atomic E-state index is 12.8. The van der Waals surface area contributed by atoms with E-state index in [1.54, 1.807) is 19.2 Å². The number of rotatable bonds is 5. The van der Waals surface area contributed by atoms with Gasteiger partial charge in [-0.05, 0) is 30.7 Å². The number of methoxy groups -OCH3 is 1. The summed E-state index contributed by atoms with van der Waals surface area (Å²) < 4.78 is 18.0. The van der Waals surface area contributed by atoms with Crippen molar-refractivity contribution in [3.8, 4) is 5.75 Å². The standard InChI is InChI=1S/C17H18FNO2/c1-12-3-8-16(21-2)14(9-12)10-17(20)19-11-13-4-6-15(18)7-5-13/h3-9H,10-11H2,1-2H3,(H,19,20). The van der Waals surface area contributed by atoms with Gasteiger partial charge in [0.2, 0.25) is 5.91 Å². The smallest absolute Gasteiger partial charge is 0.224 e. The molecule has 0 aliphatic heterocycles. The second-order valence-electron chi connectivity index (χ2n) is 4.90. The Balaban J connectivity index is 1.95. The van der Waals surface area contributed by atoms with Crippen LogP contribution < -0.4 is 10.1 Å². The molecule has 0 aromatic heterocycles. The Labute approximate surface area is 123 Å². The molecule has 0 fully saturated rings. The van der Waals surface area contributed by atoms with Gasteiger partial charge in [0, 0.05) is 12.1 Å². The Morgan fingerprint density at radius 1 is 1.19 bits per heavy atom. The third-order valence-electron chi connectivity index (χ3n) is 3.19. The highest BCUT2D eigenvalue weighted by Crippen LogP contribution is 2.20. The molecule has 2 aromatic carbocycles. The van der Waals surface area contributed by atoms with Gasteiger partial charge < -0.3 is 10.1 Å². The zero-order valence-corrected chi connectivity index (χ0v) is 12.2. The highest BCUT2D eigenvalue weighted by atomic mass is 19.1. The molecule has 0 saturated heterocycles. The maximum atomic E-state index is 12.8. The number of carbonyl (C=O) groups is 1. The Hall–Kier alpha value is -2.36. The second-order valence-corrected chi connectivity index (χ2v) is 4.90. The molecule has 0 aliphatic rings. The first-order chi connectivity index (χ1) is 10.1. The van der Waals surface area contributed by atoms with E-state index in [-0.39, 0.29) is 18.1 Å². The van der Waals surface area contributed by atoms with Crippen molar-refractivity contribution in [2.75, 3.05) is 7.11 Å². The molecule has 0 atom stereocenters. The number of ether oxygens (including phenoxy) is 1. The number of hydrogen-bond acceptors (Lipinski definition) is 2. The molecular weight excluding hydrogens is 269 g/mol. The number of halogens is 1. The van der Waals surface area contributed by atoms with Crippen LogP contribution in [0.15, 0.2) is 42.5 Å². The lowest BCUT2D eigenvalue weighted by atomic mass is 10.1. The Morgan fingerprint density at radius 3 is 2.57 bits per heavy atom. The third kappa shape index (κ3) is 4.31. The van der Waals surface area contributed by atoms with Crippen LogP contribution >= 0.6 is 0 Å². The SMILES string of the molecule is COc1ccc(C)cc1CC(=O)NCc1ccc(F)cc1. The van der Waals surface area contributed by atoms with Crippen LogP contribution in [-0.2, 0) is 17.8 Å². The molecule has 0 heterocycles. The van der Waals surface area contributed by atoms with E-state index in [0.717, 1.165) is 16.7 Å². The van der Waals surface area contributed by atoms with Gasteiger partial charge in [-0.3, -0.25) is 4.79 Å². The summed E-state index contributed by atoms with van der Waals surface area (Å²) in [5.41, 5.74) is 2.80. The molecule has 0 bridgehead atoms. The van der Waals surface area contributed by atoms with Crippen molar-refractivity contribution in [1.82, 2.24) is 5.32 Å². The van der Waals surface area contributed by atoms with E-state index in [0.29, 0.717) is 12.3 Å². The van der Waals surface area contributed by atoms with E-state index >= 15 is 0 Å². The molecule has 1 N–H and O–H groups in total. The minimum absolute atomic E-state index is 0.0942. The average Bonchev–Trinajstić information content (AvgIpc) is 2.47. The monoisotopic (exact) mass is 287 g/mol. The maximum Gasteiger partial charge on any atom is 0.224 e. The van der Waals surface area contributed by atoms with Crippen LogP contribution in [0.3, 0.4) is 0 Å². The normalized spacial score (nSPS) is 10.2. The second kappa shape index (κ2) is 6.88. The summed E-state index contributed by atoms with van der Waals surface area (Å²) in [6.07, 6.45) is 0.256. The summed E-state index contributed by atoms with van der Waals surface area (Å²) in [5, 5.41) is 2.82. The molecule has 2 aromatic rings. The van der Waals surface area contributed by atoms with Crippen molar-refractivity contribution in [3.05, 3.63) is 65.0 Å². The molecule has 110 valence electrons. The molecule has 3 nitrogen and oxygen atoms in total. The molecule has 0 spiro atoms. The third-order valence-corrected chi connectivity index (χ3v) is 3.19. The first-order valence-electron chi connectivity index (χ1n) is 6.73. The highest BCUT2D eigenvalue weighted by molar-refractivity contribution is 5.79. The summed E-state index contributed by atoms with van der Waals surface area (Å²) >= 11 is 0. The Kier molecular flexibility index (Phi) is 4.93. The lowest BCUT2D eigenvalue weighted by molar-refractivity contribution is -0.120. The van der Waals surface area contributed by atoms with Crippen LogP contribution in [0.25, 0.3) is 0 Å². The number of carbonyl (C=O) groups excluding carboxylic acids is 1. The molecule has 2 rings (SSSR count). The number of benzene rings is 2. The summed E-state index contributed by atoms with van der Waals surface area (Å²) in [5.74, 6) is 0.329. The molecule has 1 amide bonds. The summed E-state index contributed by atoms with van der Waals surface area (Å²) in [6.45, 7) is 2.35. The summed E-state index contributed by atoms with van der Waals surface area (Å²) in [7, 11) is 1.59. The van der Waals surface area contributed by atoms with E-state index in [2.05, 4.69) is 5.32 Å². The van der Waals surface area contributed by atoms with Crippen LogP contribution in [0.4, 0.5) is 4.39 Å². The van der Waals surface area contributed by atoms with Gasteiger partial charge in [0.25, 0.3) is 0 Å². The van der Waals surface area contributed by atoms with Crippen molar-refractivity contribution in [2.24, 2.45) is 0 Å². The molecule has 0 aliphatic carbocycles. The zero-order chi connectivity index (χ0) is 15.2. The van der Waals surface area contributed by atoms with Crippen molar-refractivity contribution >= 4 is 5.91 Å². The lowest BCUT2D eigenvalue weighted by Gasteiger charge is -2.10. The fraction of sp³-hybridized carbons (Fsp3) is 0.235. The fourth-order valence-electron chi connectivity index (χ4n) is 2.08. The Bertz CT molecular complexity index is 623. The van der Waals surface area contributed by atoms with E-state index in [9.17, 15) is 9.18 Å². The number of amides is 1. The largest absolute Gasteiger partial charge is 0.496 e. The van der Waals surface area contributed by atoms with Crippen LogP contribution in [0.2, 0.25) is 0 Å². The van der Waals surface area contributed by atoms with Crippen molar-refractivity contribution in [3.63, 3.8) is 0 Å². The number of hydrogen-bond donors (Lipinski definition) is 1. The van der Waals surface area contributed by atoms with Gasteiger partial charge in [-0.15, -0.1) is 0 Å². The molecule has 0 radical (unpaired) electrons. The van der Waals surface area contributed by atoms with E-state index in [1.165, 1.54) is 12.1 Å². The number of nitrogens with one attached hydrogen (secondary N) is 1. The molecule has 0 saturated carbocycles. The highest BCUT2D eigenvalue weighted by Gasteiger charge is 2.09. The van der Waals surface area contributed by atoms with Crippen LogP contribution in [0.1, 0.15) is 16.7 Å². The topological polar surface area (TPSA) is 38.3 Å². The van der Waals surface area contributed by atoms with E-state index in [4.69, 9.17) is 4.74 Å². The molecule has 0 unspecified atom stereocenters. The molecular formula is C17H18FNO2. The van der Waals surface area contributed by atoms with Crippen molar-refractivity contribution < 1.29 is 13.9 Å². The van der Waals surface area contributed by atoms with E-state index in [1.807, 2.05) is 25.1 Å². The summed E-state index contributed by atoms with van der Waals surface area (Å²) in [4.78, 5) is 12.0. The Morgan fingerprint density at radius 2 is 1.90 bits per heavy atom. The number of aryl methyl sites for hydroxylation is 1. The minimum Gasteiger partial charge on any atom is -0.496 e. The lowest BCUT2D eigenvalue weighted by Crippen LogP contribution is -2.24. The first-order valence-corrected chi connectivity index (χ1v) is 6.73. The zero-order valence-electron chi connectivity index (χ0n) is 12.2. The fourth-order valence-corrected chi connectivity index (χ4v) is 2.08. The first kappa shape index (κ1) is 15.0.